The first-order chi connectivity index (χ1) is 9.98. The minimum atomic E-state index is -3.17. The van der Waals surface area contributed by atoms with Gasteiger partial charge in [-0.1, -0.05) is 92.5 Å². The first kappa shape index (κ1) is 16.7. The molecule has 0 aliphatic heterocycles. The summed E-state index contributed by atoms with van der Waals surface area (Å²) in [7, 11) is -3.17. The molecule has 0 aliphatic carbocycles. The van der Waals surface area contributed by atoms with Gasteiger partial charge in [0.05, 0.1) is 21.2 Å². The average molecular weight is 432 g/mol. The van der Waals surface area contributed by atoms with Crippen molar-refractivity contribution in [3.05, 3.63) is 71.8 Å². The fraction of sp³-hybridized carbons (Fsp3) is 0.250. The van der Waals surface area contributed by atoms with Crippen LogP contribution in [0, 0.1) is 0 Å². The molecule has 2 nitrogen and oxygen atoms in total. The number of benzene rings is 2. The first-order valence-corrected chi connectivity index (χ1v) is 10.2. The molecule has 0 N–H and O–H groups in total. The summed E-state index contributed by atoms with van der Waals surface area (Å²) in [5, 5.41) is 0. The minimum Gasteiger partial charge on any atom is -0.229 e. The van der Waals surface area contributed by atoms with E-state index in [-0.39, 0.29) is 21.2 Å². The van der Waals surface area contributed by atoms with Crippen molar-refractivity contribution in [2.75, 3.05) is 11.5 Å². The van der Waals surface area contributed by atoms with E-state index in [9.17, 15) is 8.42 Å². The second kappa shape index (κ2) is 7.56. The fourth-order valence-corrected chi connectivity index (χ4v) is 6.47. The molecule has 0 aliphatic rings. The summed E-state index contributed by atoms with van der Waals surface area (Å²) in [6.45, 7) is 0. The van der Waals surface area contributed by atoms with Gasteiger partial charge >= 0.3 is 0 Å². The summed E-state index contributed by atoms with van der Waals surface area (Å²) in [4.78, 5) is -0.363. The summed E-state index contributed by atoms with van der Waals surface area (Å²) in [6, 6.07) is 19.2. The van der Waals surface area contributed by atoms with Crippen LogP contribution in [0.5, 0.6) is 0 Å². The largest absolute Gasteiger partial charge is 0.229 e. The smallest absolute Gasteiger partial charge is 0.153 e. The van der Waals surface area contributed by atoms with Gasteiger partial charge in [0.15, 0.2) is 9.84 Å². The van der Waals surface area contributed by atoms with E-state index < -0.39 is 9.84 Å². The normalized spacial score (nSPS) is 14.6. The number of alkyl halides is 2. The maximum atomic E-state index is 12.3. The highest BCUT2D eigenvalue weighted by molar-refractivity contribution is 9.09. The molecule has 0 saturated carbocycles. The zero-order valence-corrected chi connectivity index (χ0v) is 15.3. The summed E-state index contributed by atoms with van der Waals surface area (Å²) >= 11 is 6.95. The van der Waals surface area contributed by atoms with Crippen molar-refractivity contribution in [3.63, 3.8) is 0 Å². The molecule has 5 heteroatoms. The molecule has 0 fully saturated rings. The molecular weight excluding hydrogens is 416 g/mol. The van der Waals surface area contributed by atoms with E-state index in [1.54, 1.807) is 0 Å². The SMILES string of the molecule is O=S(=O)(C[C@H](Br)c1ccccc1)C[C@H](Br)c1ccccc1. The van der Waals surface area contributed by atoms with Gasteiger partial charge in [-0.25, -0.2) is 8.42 Å². The number of halogens is 2. The van der Waals surface area contributed by atoms with E-state index in [1.807, 2.05) is 60.7 Å². The zero-order valence-electron chi connectivity index (χ0n) is 11.3. The van der Waals surface area contributed by atoms with Gasteiger partial charge in [-0.2, -0.15) is 0 Å². The van der Waals surface area contributed by atoms with Crippen LogP contribution in [0.4, 0.5) is 0 Å². The van der Waals surface area contributed by atoms with Crippen LogP contribution >= 0.6 is 31.9 Å². The van der Waals surface area contributed by atoms with E-state index in [1.165, 1.54) is 0 Å². The van der Waals surface area contributed by atoms with Crippen LogP contribution in [0.1, 0.15) is 20.8 Å². The maximum Gasteiger partial charge on any atom is 0.153 e. The summed E-state index contributed by atoms with van der Waals surface area (Å²) in [6.07, 6.45) is 0. The van der Waals surface area contributed by atoms with Crippen LogP contribution in [0.3, 0.4) is 0 Å². The molecule has 0 radical (unpaired) electrons. The Morgan fingerprint density at radius 2 is 1.05 bits per heavy atom. The zero-order chi connectivity index (χ0) is 15.3. The molecule has 0 saturated heterocycles. The number of hydrogen-bond donors (Lipinski definition) is 0. The van der Waals surface area contributed by atoms with Crippen LogP contribution in [-0.4, -0.2) is 19.9 Å². The standard InChI is InChI=1S/C16H16Br2O2S/c17-15(13-7-3-1-4-8-13)11-21(19,20)12-16(18)14-9-5-2-6-10-14/h1-10,15-16H,11-12H2/t15-,16-/m0/s1. The lowest BCUT2D eigenvalue weighted by Crippen LogP contribution is -2.17. The Balaban J connectivity index is 2.02. The van der Waals surface area contributed by atoms with E-state index in [4.69, 9.17) is 0 Å². The van der Waals surface area contributed by atoms with Gasteiger partial charge in [0.25, 0.3) is 0 Å². The highest BCUT2D eigenvalue weighted by Gasteiger charge is 2.22. The Hall–Kier alpha value is -0.650. The molecule has 2 aromatic rings. The predicted molar refractivity (Wildman–Crippen MR) is 94.9 cm³/mol. The lowest BCUT2D eigenvalue weighted by Gasteiger charge is -2.14. The van der Waals surface area contributed by atoms with Gasteiger partial charge < -0.3 is 0 Å². The molecule has 21 heavy (non-hydrogen) atoms. The van der Waals surface area contributed by atoms with Crippen molar-refractivity contribution >= 4 is 41.7 Å². The molecule has 0 aromatic heterocycles. The number of rotatable bonds is 6. The van der Waals surface area contributed by atoms with Crippen molar-refractivity contribution in [3.8, 4) is 0 Å². The molecule has 0 unspecified atom stereocenters. The lowest BCUT2D eigenvalue weighted by molar-refractivity contribution is 0.594. The average Bonchev–Trinajstić information content (AvgIpc) is 2.48. The third-order valence-corrected chi connectivity index (χ3v) is 7.37. The van der Waals surface area contributed by atoms with E-state index in [2.05, 4.69) is 31.9 Å². The summed E-state index contributed by atoms with van der Waals surface area (Å²) in [5.41, 5.74) is 1.96. The van der Waals surface area contributed by atoms with Crippen molar-refractivity contribution in [1.82, 2.24) is 0 Å². The van der Waals surface area contributed by atoms with Crippen LogP contribution in [0.25, 0.3) is 0 Å². The van der Waals surface area contributed by atoms with Gasteiger partial charge in [0.2, 0.25) is 0 Å². The molecule has 0 bridgehead atoms. The first-order valence-electron chi connectivity index (χ1n) is 6.56. The predicted octanol–water partition coefficient (Wildman–Crippen LogP) is 4.67. The van der Waals surface area contributed by atoms with Crippen LogP contribution in [-0.2, 0) is 9.84 Å². The van der Waals surface area contributed by atoms with Gasteiger partial charge in [0.1, 0.15) is 0 Å². The number of hydrogen-bond acceptors (Lipinski definition) is 2. The third kappa shape index (κ3) is 5.24. The molecule has 0 spiro atoms. The molecule has 2 atom stereocenters. The number of sulfone groups is 1. The van der Waals surface area contributed by atoms with E-state index >= 15 is 0 Å². The molecule has 0 heterocycles. The quantitative estimate of drug-likeness (QED) is 0.622. The van der Waals surface area contributed by atoms with Crippen molar-refractivity contribution in [2.24, 2.45) is 0 Å². The van der Waals surface area contributed by atoms with Gasteiger partial charge in [-0.15, -0.1) is 0 Å². The van der Waals surface area contributed by atoms with Crippen molar-refractivity contribution in [1.29, 1.82) is 0 Å². The van der Waals surface area contributed by atoms with Gasteiger partial charge in [-0.05, 0) is 11.1 Å². The third-order valence-electron chi connectivity index (χ3n) is 3.12. The van der Waals surface area contributed by atoms with E-state index in [0.717, 1.165) is 11.1 Å². The minimum absolute atomic E-state index is 0.0892. The van der Waals surface area contributed by atoms with Crippen molar-refractivity contribution < 1.29 is 8.42 Å². The fourth-order valence-electron chi connectivity index (χ4n) is 2.03. The van der Waals surface area contributed by atoms with Crippen LogP contribution in [0.2, 0.25) is 0 Å². The highest BCUT2D eigenvalue weighted by atomic mass is 79.9. The second-order valence-electron chi connectivity index (χ2n) is 4.83. The molecular formula is C16H16Br2O2S. The maximum absolute atomic E-state index is 12.3. The van der Waals surface area contributed by atoms with E-state index in [0.29, 0.717) is 0 Å². The second-order valence-corrected chi connectivity index (χ2v) is 9.20. The van der Waals surface area contributed by atoms with Gasteiger partial charge in [0, 0.05) is 0 Å². The molecule has 2 aromatic carbocycles. The molecule has 0 amide bonds. The topological polar surface area (TPSA) is 34.1 Å². The Kier molecular flexibility index (Phi) is 6.02. The van der Waals surface area contributed by atoms with Crippen LogP contribution in [0.15, 0.2) is 60.7 Å². The Bertz CT molecular complexity index is 604. The Morgan fingerprint density at radius 3 is 1.38 bits per heavy atom. The molecule has 2 rings (SSSR count). The Labute approximate surface area is 142 Å². The van der Waals surface area contributed by atoms with Crippen molar-refractivity contribution in [2.45, 2.75) is 9.65 Å². The van der Waals surface area contributed by atoms with Crippen LogP contribution < -0.4 is 0 Å². The lowest BCUT2D eigenvalue weighted by atomic mass is 10.2. The molecule has 112 valence electrons. The summed E-state index contributed by atoms with van der Waals surface area (Å²) < 4.78 is 24.7. The Morgan fingerprint density at radius 1 is 0.714 bits per heavy atom. The summed E-state index contributed by atoms with van der Waals surface area (Å²) in [5.74, 6) is 0.178. The monoisotopic (exact) mass is 430 g/mol. The van der Waals surface area contributed by atoms with Gasteiger partial charge in [-0.3, -0.25) is 0 Å². The highest BCUT2D eigenvalue weighted by Crippen LogP contribution is 2.29.